The second-order valence-corrected chi connectivity index (χ2v) is 6.56. The molecule has 0 amide bonds. The molecule has 0 spiro atoms. The van der Waals surface area contributed by atoms with Crippen molar-refractivity contribution in [3.63, 3.8) is 0 Å². The third-order valence-corrected chi connectivity index (χ3v) is 4.72. The summed E-state index contributed by atoms with van der Waals surface area (Å²) in [5.74, 6) is 1.10. The number of carbonyl (C=O) groups is 1. The maximum Gasteiger partial charge on any atom is 0.256 e. The van der Waals surface area contributed by atoms with Gasteiger partial charge in [-0.1, -0.05) is 30.0 Å². The van der Waals surface area contributed by atoms with Crippen LogP contribution in [0.15, 0.2) is 40.2 Å². The molecule has 1 N–H and O–H groups in total. The molecule has 3 rings (SSSR count). The van der Waals surface area contributed by atoms with Gasteiger partial charge in [-0.15, -0.1) is 0 Å². The summed E-state index contributed by atoms with van der Waals surface area (Å²) in [7, 11) is 0. The number of aromatic amines is 1. The predicted molar refractivity (Wildman–Crippen MR) is 95.6 cm³/mol. The Morgan fingerprint density at radius 3 is 2.71 bits per heavy atom. The summed E-state index contributed by atoms with van der Waals surface area (Å²) < 4.78 is 0. The molecular weight excluding hydrogens is 322 g/mol. The molecule has 0 bridgehead atoms. The van der Waals surface area contributed by atoms with Gasteiger partial charge in [0.05, 0.1) is 11.3 Å². The number of hydrogen-bond donors (Lipinski definition) is 1. The molecule has 1 aromatic carbocycles. The molecule has 5 nitrogen and oxygen atoms in total. The van der Waals surface area contributed by atoms with Crippen LogP contribution in [0.5, 0.6) is 0 Å². The third kappa shape index (κ3) is 3.23. The largest absolute Gasteiger partial charge is 0.325 e. The van der Waals surface area contributed by atoms with E-state index in [1.807, 2.05) is 31.2 Å². The molecule has 6 heteroatoms. The highest BCUT2D eigenvalue weighted by Gasteiger charge is 2.15. The standard InChI is InChI=1S/C18H17N3O2S/c1-10-16(11(2)22)18(20-12(3)19-10)24-9-14-8-13-6-4-5-7-15(13)17(23)21-14/h4-8H,9H2,1-3H3,(H,21,23). The van der Waals surface area contributed by atoms with Gasteiger partial charge in [0.2, 0.25) is 0 Å². The number of fused-ring (bicyclic) bond motifs is 1. The Hall–Kier alpha value is -2.47. The molecular formula is C18H17N3O2S. The lowest BCUT2D eigenvalue weighted by Gasteiger charge is -2.10. The van der Waals surface area contributed by atoms with Crippen molar-refractivity contribution in [1.29, 1.82) is 0 Å². The number of hydrogen-bond acceptors (Lipinski definition) is 5. The van der Waals surface area contributed by atoms with E-state index in [0.29, 0.717) is 33.2 Å². The zero-order valence-corrected chi connectivity index (χ0v) is 14.5. The lowest BCUT2D eigenvalue weighted by Crippen LogP contribution is -2.09. The van der Waals surface area contributed by atoms with Gasteiger partial charge in [0, 0.05) is 16.8 Å². The van der Waals surface area contributed by atoms with E-state index in [-0.39, 0.29) is 11.3 Å². The number of ketones is 1. The van der Waals surface area contributed by atoms with Crippen LogP contribution < -0.4 is 5.56 Å². The van der Waals surface area contributed by atoms with Crippen LogP contribution in [0.3, 0.4) is 0 Å². The number of benzene rings is 1. The molecule has 0 aliphatic heterocycles. The summed E-state index contributed by atoms with van der Waals surface area (Å²) in [4.78, 5) is 35.6. The summed E-state index contributed by atoms with van der Waals surface area (Å²) in [6, 6.07) is 9.42. The Bertz CT molecular complexity index is 995. The van der Waals surface area contributed by atoms with Gasteiger partial charge in [0.1, 0.15) is 10.9 Å². The van der Waals surface area contributed by atoms with Crippen molar-refractivity contribution < 1.29 is 4.79 Å². The molecule has 0 atom stereocenters. The molecule has 122 valence electrons. The normalized spacial score (nSPS) is 11.0. The predicted octanol–water partition coefficient (Wildman–Crippen LogP) is 3.43. The topological polar surface area (TPSA) is 75.7 Å². The molecule has 0 aliphatic rings. The summed E-state index contributed by atoms with van der Waals surface area (Å²) in [6.07, 6.45) is 0. The van der Waals surface area contributed by atoms with Crippen LogP contribution in [-0.4, -0.2) is 20.7 Å². The van der Waals surface area contributed by atoms with Crippen molar-refractivity contribution in [3.8, 4) is 0 Å². The number of carbonyl (C=O) groups excluding carboxylic acids is 1. The number of rotatable bonds is 4. The van der Waals surface area contributed by atoms with Crippen LogP contribution in [0, 0.1) is 13.8 Å². The fourth-order valence-corrected chi connectivity index (χ4v) is 3.76. The first-order chi connectivity index (χ1) is 11.5. The fraction of sp³-hybridized carbons (Fsp3) is 0.222. The Kier molecular flexibility index (Phi) is 4.49. The van der Waals surface area contributed by atoms with E-state index >= 15 is 0 Å². The number of aromatic nitrogens is 3. The van der Waals surface area contributed by atoms with E-state index in [2.05, 4.69) is 15.0 Å². The van der Waals surface area contributed by atoms with Gasteiger partial charge >= 0.3 is 0 Å². The number of nitrogens with one attached hydrogen (secondary N) is 1. The number of thioether (sulfide) groups is 1. The molecule has 2 aromatic heterocycles. The van der Waals surface area contributed by atoms with Crippen molar-refractivity contribution in [2.24, 2.45) is 0 Å². The zero-order chi connectivity index (χ0) is 17.3. The van der Waals surface area contributed by atoms with E-state index in [9.17, 15) is 9.59 Å². The van der Waals surface area contributed by atoms with Crippen molar-refractivity contribution in [1.82, 2.24) is 15.0 Å². The highest BCUT2D eigenvalue weighted by Crippen LogP contribution is 2.26. The maximum atomic E-state index is 12.1. The Morgan fingerprint density at radius 1 is 1.21 bits per heavy atom. The van der Waals surface area contributed by atoms with Crippen LogP contribution >= 0.6 is 11.8 Å². The number of Topliss-reactive ketones (excluding diaryl/α,β-unsaturated/α-hetero) is 1. The van der Waals surface area contributed by atoms with Gasteiger partial charge in [-0.25, -0.2) is 9.97 Å². The zero-order valence-electron chi connectivity index (χ0n) is 13.7. The van der Waals surface area contributed by atoms with Gasteiger partial charge in [-0.05, 0) is 38.3 Å². The molecule has 2 heterocycles. The smallest absolute Gasteiger partial charge is 0.256 e. The van der Waals surface area contributed by atoms with Crippen molar-refractivity contribution >= 4 is 28.3 Å². The first-order valence-corrected chi connectivity index (χ1v) is 8.54. The number of H-pyrrole nitrogens is 1. The monoisotopic (exact) mass is 339 g/mol. The Morgan fingerprint density at radius 2 is 1.96 bits per heavy atom. The van der Waals surface area contributed by atoms with Crippen LogP contribution in [-0.2, 0) is 5.75 Å². The minimum absolute atomic E-state index is 0.0537. The molecule has 24 heavy (non-hydrogen) atoms. The Labute approximate surface area is 143 Å². The lowest BCUT2D eigenvalue weighted by atomic mass is 10.1. The SMILES string of the molecule is CC(=O)c1c(C)nc(C)nc1SCc1cc2ccccc2c(=O)[nH]1. The van der Waals surface area contributed by atoms with Crippen molar-refractivity contribution in [2.75, 3.05) is 0 Å². The molecule has 3 aromatic rings. The van der Waals surface area contributed by atoms with E-state index in [1.165, 1.54) is 18.7 Å². The van der Waals surface area contributed by atoms with Crippen molar-refractivity contribution in [2.45, 2.75) is 31.6 Å². The summed E-state index contributed by atoms with van der Waals surface area (Å²) >= 11 is 1.43. The van der Waals surface area contributed by atoms with Gasteiger partial charge < -0.3 is 4.98 Å². The van der Waals surface area contributed by atoms with Crippen LogP contribution in [0.25, 0.3) is 10.8 Å². The fourth-order valence-electron chi connectivity index (χ4n) is 2.68. The second kappa shape index (κ2) is 6.57. The first kappa shape index (κ1) is 16.4. The van der Waals surface area contributed by atoms with E-state index in [1.54, 1.807) is 13.0 Å². The quantitative estimate of drug-likeness (QED) is 0.448. The number of aryl methyl sites for hydroxylation is 2. The van der Waals surface area contributed by atoms with Crippen LogP contribution in [0.2, 0.25) is 0 Å². The Balaban J connectivity index is 1.94. The highest BCUT2D eigenvalue weighted by molar-refractivity contribution is 7.98. The average Bonchev–Trinajstić information content (AvgIpc) is 2.52. The van der Waals surface area contributed by atoms with E-state index in [0.717, 1.165) is 11.1 Å². The van der Waals surface area contributed by atoms with Crippen LogP contribution in [0.4, 0.5) is 0 Å². The van der Waals surface area contributed by atoms with Gasteiger partial charge in [0.15, 0.2) is 5.78 Å². The van der Waals surface area contributed by atoms with Gasteiger partial charge in [-0.3, -0.25) is 9.59 Å². The summed E-state index contributed by atoms with van der Waals surface area (Å²) in [6.45, 7) is 5.13. The minimum atomic E-state index is -0.106. The minimum Gasteiger partial charge on any atom is -0.325 e. The molecule has 0 radical (unpaired) electrons. The molecule has 0 aliphatic carbocycles. The lowest BCUT2D eigenvalue weighted by molar-refractivity contribution is 0.101. The highest BCUT2D eigenvalue weighted by atomic mass is 32.2. The molecule has 0 fully saturated rings. The second-order valence-electron chi connectivity index (χ2n) is 5.59. The molecule has 0 saturated heterocycles. The number of pyridine rings is 1. The molecule has 0 unspecified atom stereocenters. The maximum absolute atomic E-state index is 12.1. The van der Waals surface area contributed by atoms with Gasteiger partial charge in [-0.2, -0.15) is 0 Å². The van der Waals surface area contributed by atoms with E-state index in [4.69, 9.17) is 0 Å². The first-order valence-electron chi connectivity index (χ1n) is 7.55. The van der Waals surface area contributed by atoms with Crippen LogP contribution in [0.1, 0.15) is 34.5 Å². The molecule has 0 saturated carbocycles. The third-order valence-electron chi connectivity index (χ3n) is 3.69. The average molecular weight is 339 g/mol. The summed E-state index contributed by atoms with van der Waals surface area (Å²) in [5.41, 5.74) is 1.93. The van der Waals surface area contributed by atoms with Gasteiger partial charge in [0.25, 0.3) is 5.56 Å². The van der Waals surface area contributed by atoms with Crippen molar-refractivity contribution in [3.05, 3.63) is 63.5 Å². The summed E-state index contributed by atoms with van der Waals surface area (Å²) in [5, 5.41) is 2.23. The van der Waals surface area contributed by atoms with E-state index < -0.39 is 0 Å². The number of nitrogens with zero attached hydrogens (tertiary/aromatic N) is 2.